The maximum absolute atomic E-state index is 13.8. The van der Waals surface area contributed by atoms with E-state index < -0.39 is 18.1 Å². The maximum atomic E-state index is 13.8. The van der Waals surface area contributed by atoms with Crippen molar-refractivity contribution in [2.24, 2.45) is 17.8 Å². The van der Waals surface area contributed by atoms with Gasteiger partial charge in [0.1, 0.15) is 11.0 Å². The predicted octanol–water partition coefficient (Wildman–Crippen LogP) is 3.06. The van der Waals surface area contributed by atoms with Crippen molar-refractivity contribution in [1.29, 1.82) is 0 Å². The van der Waals surface area contributed by atoms with E-state index in [0.29, 0.717) is 11.4 Å². The Morgan fingerprint density at radius 1 is 1.14 bits per heavy atom. The van der Waals surface area contributed by atoms with Gasteiger partial charge in [0.05, 0.1) is 6.04 Å². The van der Waals surface area contributed by atoms with Gasteiger partial charge in [-0.05, 0) is 44.7 Å². The Labute approximate surface area is 225 Å². The molecule has 0 saturated heterocycles. The summed E-state index contributed by atoms with van der Waals surface area (Å²) < 4.78 is 0. The maximum Gasteiger partial charge on any atom is 0.355 e. The Morgan fingerprint density at radius 2 is 1.78 bits per heavy atom. The molecule has 1 heterocycles. The second-order valence-electron chi connectivity index (χ2n) is 10.1. The highest BCUT2D eigenvalue weighted by Crippen LogP contribution is 2.28. The molecule has 1 aromatic heterocycles. The van der Waals surface area contributed by atoms with Crippen molar-refractivity contribution < 1.29 is 24.3 Å². The summed E-state index contributed by atoms with van der Waals surface area (Å²) in [7, 11) is 3.60. The molecule has 210 valence electrons. The van der Waals surface area contributed by atoms with Crippen molar-refractivity contribution >= 4 is 35.0 Å². The molecule has 0 aliphatic heterocycles. The first-order valence-corrected chi connectivity index (χ1v) is 13.9. The number of nitrogens with one attached hydrogen (secondary N) is 3. The summed E-state index contributed by atoms with van der Waals surface area (Å²) in [5.41, 5.74) is -0.0794. The van der Waals surface area contributed by atoms with Crippen LogP contribution in [0.1, 0.15) is 88.8 Å². The van der Waals surface area contributed by atoms with Crippen molar-refractivity contribution in [3.05, 3.63) is 16.1 Å². The Balaban J connectivity index is 3.15. The minimum absolute atomic E-state index is 0.0258. The molecule has 37 heavy (non-hydrogen) atoms. The molecule has 5 atom stereocenters. The van der Waals surface area contributed by atoms with E-state index >= 15 is 0 Å². The molecule has 0 aromatic carbocycles. The monoisotopic (exact) mass is 539 g/mol. The number of carbonyl (C=O) groups excluding carboxylic acids is 3. The molecule has 0 fully saturated rings. The largest absolute Gasteiger partial charge is 0.476 e. The minimum atomic E-state index is -1.14. The molecule has 1 rings (SSSR count). The highest BCUT2D eigenvalue weighted by Gasteiger charge is 2.35. The number of hydrogen-bond acceptors (Lipinski definition) is 7. The van der Waals surface area contributed by atoms with Gasteiger partial charge in [-0.2, -0.15) is 0 Å². The topological polar surface area (TPSA) is 141 Å². The average Bonchev–Trinajstić information content (AvgIpc) is 3.34. The number of amides is 3. The quantitative estimate of drug-likeness (QED) is 0.237. The van der Waals surface area contributed by atoms with Crippen LogP contribution in [-0.4, -0.2) is 71.4 Å². The van der Waals surface area contributed by atoms with E-state index in [1.165, 1.54) is 12.3 Å². The summed E-state index contributed by atoms with van der Waals surface area (Å²) in [5.74, 6) is -1.98. The second-order valence-corrected chi connectivity index (χ2v) is 11.0. The SMILES string of the molecule is CC[C@H](C)[C@H](NC(=O)[C@@H](C)CCCNC)C(=O)N(C)[C@H](C[C@@H](NC(C)=O)c1nc(C(=O)O)cs1)C(C)C. The lowest BCUT2D eigenvalue weighted by Gasteiger charge is -2.37. The van der Waals surface area contributed by atoms with Crippen molar-refractivity contribution in [2.75, 3.05) is 20.6 Å². The standard InChI is InChI=1S/C26H45N5O5S/c1-9-16(4)22(30-23(33)17(5)11-10-12-27-7)25(34)31(8)21(15(2)3)13-19(28-18(6)32)24-29-20(14-37-24)26(35)36/h14-17,19,21-22,27H,9-13H2,1-8H3,(H,28,32)(H,30,33)(H,35,36)/t16-,17-,19+,21+,22-/m0/s1. The van der Waals surface area contributed by atoms with Crippen LogP contribution in [0.3, 0.4) is 0 Å². The highest BCUT2D eigenvalue weighted by molar-refractivity contribution is 7.09. The van der Waals surface area contributed by atoms with Gasteiger partial charge in [-0.3, -0.25) is 14.4 Å². The van der Waals surface area contributed by atoms with Crippen LogP contribution in [-0.2, 0) is 14.4 Å². The zero-order chi connectivity index (χ0) is 28.3. The smallest absolute Gasteiger partial charge is 0.355 e. The summed E-state index contributed by atoms with van der Waals surface area (Å²) in [4.78, 5) is 55.8. The summed E-state index contributed by atoms with van der Waals surface area (Å²) in [6, 6.07) is -1.52. The summed E-state index contributed by atoms with van der Waals surface area (Å²) >= 11 is 1.16. The highest BCUT2D eigenvalue weighted by atomic mass is 32.1. The van der Waals surface area contributed by atoms with Crippen LogP contribution in [0, 0.1) is 17.8 Å². The number of hydrogen-bond donors (Lipinski definition) is 4. The Hall–Kier alpha value is -2.53. The van der Waals surface area contributed by atoms with Crippen molar-refractivity contribution in [3.8, 4) is 0 Å². The fraction of sp³-hybridized carbons (Fsp3) is 0.731. The molecule has 0 radical (unpaired) electrons. The lowest BCUT2D eigenvalue weighted by Crippen LogP contribution is -2.55. The van der Waals surface area contributed by atoms with Crippen LogP contribution in [0.2, 0.25) is 0 Å². The Kier molecular flexibility index (Phi) is 13.8. The molecule has 0 spiro atoms. The molecular formula is C26H45N5O5S. The van der Waals surface area contributed by atoms with E-state index in [1.807, 2.05) is 41.7 Å². The molecule has 1 aromatic rings. The zero-order valence-electron chi connectivity index (χ0n) is 23.5. The van der Waals surface area contributed by atoms with Gasteiger partial charge in [-0.1, -0.05) is 41.0 Å². The van der Waals surface area contributed by atoms with Crippen LogP contribution in [0.15, 0.2) is 5.38 Å². The molecule has 11 heteroatoms. The number of carboxylic acids is 1. The van der Waals surface area contributed by atoms with Crippen LogP contribution in [0.4, 0.5) is 0 Å². The molecule has 10 nitrogen and oxygen atoms in total. The molecule has 0 bridgehead atoms. The van der Waals surface area contributed by atoms with Gasteiger partial charge >= 0.3 is 5.97 Å². The van der Waals surface area contributed by atoms with E-state index in [-0.39, 0.29) is 47.2 Å². The van der Waals surface area contributed by atoms with Crippen LogP contribution < -0.4 is 16.0 Å². The lowest BCUT2D eigenvalue weighted by atomic mass is 9.92. The number of aromatic nitrogens is 1. The number of carbonyl (C=O) groups is 4. The fourth-order valence-electron chi connectivity index (χ4n) is 4.21. The molecule has 0 aliphatic carbocycles. The number of aromatic carboxylic acids is 1. The normalized spacial score (nSPS) is 15.4. The summed E-state index contributed by atoms with van der Waals surface area (Å²) in [5, 5.41) is 20.1. The van der Waals surface area contributed by atoms with E-state index in [9.17, 15) is 24.3 Å². The van der Waals surface area contributed by atoms with Gasteiger partial charge in [0.15, 0.2) is 5.69 Å². The average molecular weight is 540 g/mol. The molecular weight excluding hydrogens is 494 g/mol. The van der Waals surface area contributed by atoms with Crippen LogP contribution in [0.5, 0.6) is 0 Å². The van der Waals surface area contributed by atoms with Crippen LogP contribution >= 0.6 is 11.3 Å². The third-order valence-electron chi connectivity index (χ3n) is 6.80. The first-order valence-electron chi connectivity index (χ1n) is 13.0. The third-order valence-corrected chi connectivity index (χ3v) is 7.76. The zero-order valence-corrected chi connectivity index (χ0v) is 24.3. The van der Waals surface area contributed by atoms with Crippen molar-refractivity contribution in [3.63, 3.8) is 0 Å². The number of nitrogens with zero attached hydrogens (tertiary/aromatic N) is 2. The van der Waals surface area contributed by atoms with Crippen LogP contribution in [0.25, 0.3) is 0 Å². The summed E-state index contributed by atoms with van der Waals surface area (Å²) in [6.45, 7) is 12.0. The third kappa shape index (κ3) is 10.0. The Bertz CT molecular complexity index is 906. The molecule has 4 N–H and O–H groups in total. The van der Waals surface area contributed by atoms with E-state index in [1.54, 1.807) is 11.9 Å². The second kappa shape index (κ2) is 15.7. The first-order chi connectivity index (χ1) is 17.3. The predicted molar refractivity (Wildman–Crippen MR) is 145 cm³/mol. The van der Waals surface area contributed by atoms with Gasteiger partial charge in [0.2, 0.25) is 17.7 Å². The molecule has 0 aliphatic rings. The van der Waals surface area contributed by atoms with Gasteiger partial charge in [0, 0.05) is 31.3 Å². The number of rotatable bonds is 16. The number of thiazole rings is 1. The van der Waals surface area contributed by atoms with Gasteiger partial charge in [-0.25, -0.2) is 9.78 Å². The lowest BCUT2D eigenvalue weighted by molar-refractivity contribution is -0.140. The van der Waals surface area contributed by atoms with Gasteiger partial charge in [0.25, 0.3) is 0 Å². The fourth-order valence-corrected chi connectivity index (χ4v) is 5.07. The number of carboxylic acid groups (broad SMARTS) is 1. The van der Waals surface area contributed by atoms with Crippen molar-refractivity contribution in [2.45, 2.75) is 85.4 Å². The summed E-state index contributed by atoms with van der Waals surface area (Å²) in [6.07, 6.45) is 2.67. The minimum Gasteiger partial charge on any atom is -0.476 e. The van der Waals surface area contributed by atoms with E-state index in [2.05, 4.69) is 20.9 Å². The number of likely N-dealkylation sites (N-methyl/N-ethyl adjacent to an activating group) is 1. The van der Waals surface area contributed by atoms with Gasteiger partial charge < -0.3 is 26.0 Å². The van der Waals surface area contributed by atoms with Crippen molar-refractivity contribution in [1.82, 2.24) is 25.8 Å². The van der Waals surface area contributed by atoms with E-state index in [4.69, 9.17) is 0 Å². The first kappa shape index (κ1) is 32.5. The van der Waals surface area contributed by atoms with E-state index in [0.717, 1.165) is 37.1 Å². The molecule has 0 unspecified atom stereocenters. The molecule has 3 amide bonds. The van der Waals surface area contributed by atoms with Gasteiger partial charge in [-0.15, -0.1) is 11.3 Å². The molecule has 0 saturated carbocycles. The Morgan fingerprint density at radius 3 is 2.27 bits per heavy atom.